The zero-order valence-corrected chi connectivity index (χ0v) is 17.9. The van der Waals surface area contributed by atoms with Crippen LogP contribution in [0.3, 0.4) is 0 Å². The number of thioether (sulfide) groups is 1. The van der Waals surface area contributed by atoms with Crippen molar-refractivity contribution in [3.63, 3.8) is 0 Å². The van der Waals surface area contributed by atoms with Crippen molar-refractivity contribution in [2.75, 3.05) is 11.5 Å². The van der Waals surface area contributed by atoms with Crippen LogP contribution in [0.2, 0.25) is 0 Å². The van der Waals surface area contributed by atoms with Gasteiger partial charge in [-0.15, -0.1) is 0 Å². The molecule has 2 amide bonds. The van der Waals surface area contributed by atoms with Crippen molar-refractivity contribution in [3.05, 3.63) is 75.8 Å². The van der Waals surface area contributed by atoms with E-state index >= 15 is 0 Å². The largest absolute Gasteiger partial charge is 0.462 e. The molecule has 0 unspecified atom stereocenters. The predicted octanol–water partition coefficient (Wildman–Crippen LogP) is 3.08. The maximum absolute atomic E-state index is 13.3. The number of carbonyl (C=O) groups is 3. The number of para-hydroxylation sites is 1. The number of benzene rings is 2. The van der Waals surface area contributed by atoms with Gasteiger partial charge in [0.2, 0.25) is 5.91 Å². The molecule has 0 saturated carbocycles. The molecule has 1 atom stereocenters. The first kappa shape index (κ1) is 22.1. The van der Waals surface area contributed by atoms with E-state index in [1.165, 1.54) is 4.90 Å². The van der Waals surface area contributed by atoms with Gasteiger partial charge in [0.15, 0.2) is 0 Å². The number of nitriles is 1. The van der Waals surface area contributed by atoms with Crippen molar-refractivity contribution >= 4 is 35.2 Å². The zero-order valence-electron chi connectivity index (χ0n) is 17.1. The molecule has 0 bridgehead atoms. The zero-order chi connectivity index (χ0) is 22.5. The lowest BCUT2D eigenvalue weighted by Gasteiger charge is -2.20. The molecule has 2 aromatic rings. The number of aryl methyl sites for hydroxylation is 1. The molecule has 1 aliphatic rings. The van der Waals surface area contributed by atoms with Crippen LogP contribution in [-0.2, 0) is 20.7 Å². The lowest BCUT2D eigenvalue weighted by Crippen LogP contribution is -2.31. The maximum Gasteiger partial charge on any atom is 0.338 e. The molecule has 0 radical (unpaired) electrons. The molecule has 31 heavy (non-hydrogen) atoms. The highest BCUT2D eigenvalue weighted by Gasteiger charge is 2.40. The van der Waals surface area contributed by atoms with E-state index < -0.39 is 17.1 Å². The number of anilines is 1. The summed E-state index contributed by atoms with van der Waals surface area (Å²) in [6.07, 6.45) is 0.357. The van der Waals surface area contributed by atoms with E-state index in [4.69, 9.17) is 10.5 Å². The summed E-state index contributed by atoms with van der Waals surface area (Å²) >= 11 is 1.15. The Morgan fingerprint density at radius 2 is 1.87 bits per heavy atom. The highest BCUT2D eigenvalue weighted by molar-refractivity contribution is 8.05. The van der Waals surface area contributed by atoms with Gasteiger partial charge in [-0.05, 0) is 49.6 Å². The van der Waals surface area contributed by atoms with Gasteiger partial charge in [0, 0.05) is 0 Å². The Morgan fingerprint density at radius 1 is 1.19 bits per heavy atom. The molecule has 8 heteroatoms. The van der Waals surface area contributed by atoms with E-state index in [1.54, 1.807) is 43.3 Å². The number of hydrogen-bond acceptors (Lipinski definition) is 6. The Balaban J connectivity index is 1.94. The van der Waals surface area contributed by atoms with E-state index in [0.717, 1.165) is 22.9 Å². The first-order valence-electron chi connectivity index (χ1n) is 9.63. The number of primary amides is 1. The number of amides is 2. The molecule has 1 heterocycles. The minimum absolute atomic E-state index is 0.238. The lowest BCUT2D eigenvalue weighted by atomic mass is 10.1. The van der Waals surface area contributed by atoms with E-state index in [-0.39, 0.29) is 16.5 Å². The second kappa shape index (κ2) is 9.49. The molecule has 2 N–H and O–H groups in total. The molecule has 3 rings (SSSR count). The van der Waals surface area contributed by atoms with Crippen LogP contribution >= 0.6 is 11.8 Å². The normalized spacial score (nSPS) is 17.3. The second-order valence-electron chi connectivity index (χ2n) is 6.84. The number of nitrogens with zero attached hydrogens (tertiary/aromatic N) is 2. The number of esters is 1. The Bertz CT molecular complexity index is 1100. The second-order valence-corrected chi connectivity index (χ2v) is 8.04. The molecule has 1 saturated heterocycles. The highest BCUT2D eigenvalue weighted by Crippen LogP contribution is 2.42. The van der Waals surface area contributed by atoms with Crippen molar-refractivity contribution in [1.82, 2.24) is 0 Å². The fourth-order valence-electron chi connectivity index (χ4n) is 3.24. The molecule has 0 aliphatic carbocycles. The van der Waals surface area contributed by atoms with E-state index in [1.807, 2.05) is 25.1 Å². The minimum Gasteiger partial charge on any atom is -0.462 e. The van der Waals surface area contributed by atoms with Crippen LogP contribution in [0.15, 0.2) is 59.1 Å². The molecule has 2 aromatic carbocycles. The van der Waals surface area contributed by atoms with Crippen molar-refractivity contribution in [2.24, 2.45) is 5.73 Å². The van der Waals surface area contributed by atoms with Gasteiger partial charge in [0.1, 0.15) is 16.7 Å². The molecule has 1 fully saturated rings. The maximum atomic E-state index is 13.3. The molecule has 0 aromatic heterocycles. The van der Waals surface area contributed by atoms with Gasteiger partial charge in [0.25, 0.3) is 5.91 Å². The monoisotopic (exact) mass is 435 g/mol. The third-order valence-corrected chi connectivity index (χ3v) is 6.03. The molecule has 1 aliphatic heterocycles. The third-order valence-electron chi connectivity index (χ3n) is 4.77. The summed E-state index contributed by atoms with van der Waals surface area (Å²) in [5.74, 6) is -1.52. The number of carbonyl (C=O) groups excluding carboxylic acids is 3. The summed E-state index contributed by atoms with van der Waals surface area (Å²) in [6.45, 7) is 3.88. The molecule has 158 valence electrons. The first-order chi connectivity index (χ1) is 14.9. The first-order valence-corrected chi connectivity index (χ1v) is 10.5. The summed E-state index contributed by atoms with van der Waals surface area (Å²) < 4.78 is 4.98. The van der Waals surface area contributed by atoms with Crippen molar-refractivity contribution in [2.45, 2.75) is 25.5 Å². The summed E-state index contributed by atoms with van der Waals surface area (Å²) in [4.78, 5) is 38.4. The highest BCUT2D eigenvalue weighted by atomic mass is 32.2. The predicted molar refractivity (Wildman–Crippen MR) is 118 cm³/mol. The number of ether oxygens (including phenoxy) is 1. The lowest BCUT2D eigenvalue weighted by molar-refractivity contribution is -0.117. The van der Waals surface area contributed by atoms with Crippen molar-refractivity contribution < 1.29 is 19.1 Å². The average molecular weight is 436 g/mol. The van der Waals surface area contributed by atoms with Crippen molar-refractivity contribution in [1.29, 1.82) is 5.26 Å². The van der Waals surface area contributed by atoms with E-state index in [2.05, 4.69) is 0 Å². The summed E-state index contributed by atoms with van der Waals surface area (Å²) in [5, 5.41) is 9.16. The van der Waals surface area contributed by atoms with E-state index in [0.29, 0.717) is 24.3 Å². The SMILES string of the molecule is CCOC(=O)c1ccc(C[C@H]2S/C(=C(\C#N)C(N)=O)N(c3ccccc3C)C2=O)cc1. The van der Waals surface area contributed by atoms with Crippen LogP contribution in [0.1, 0.15) is 28.4 Å². The van der Waals surface area contributed by atoms with Gasteiger partial charge in [-0.3, -0.25) is 14.5 Å². The quantitative estimate of drug-likeness (QED) is 0.424. The van der Waals surface area contributed by atoms with Crippen molar-refractivity contribution in [3.8, 4) is 6.07 Å². The fourth-order valence-corrected chi connectivity index (χ4v) is 4.55. The molecule has 0 spiro atoms. The Kier molecular flexibility index (Phi) is 6.78. The van der Waals surface area contributed by atoms with Crippen LogP contribution in [0, 0.1) is 18.3 Å². The smallest absolute Gasteiger partial charge is 0.338 e. The van der Waals surface area contributed by atoms with Gasteiger partial charge in [-0.25, -0.2) is 4.79 Å². The van der Waals surface area contributed by atoms with Gasteiger partial charge in [0.05, 0.1) is 23.1 Å². The van der Waals surface area contributed by atoms with Crippen LogP contribution in [0.4, 0.5) is 5.69 Å². The van der Waals surface area contributed by atoms with Crippen LogP contribution < -0.4 is 10.6 Å². The Labute approximate surface area is 184 Å². The van der Waals surface area contributed by atoms with E-state index in [9.17, 15) is 19.6 Å². The fraction of sp³-hybridized carbons (Fsp3) is 0.217. The van der Waals surface area contributed by atoms with Crippen LogP contribution in [0.5, 0.6) is 0 Å². The Hall–Kier alpha value is -3.57. The molecular formula is C23H21N3O4S. The topological polar surface area (TPSA) is 113 Å². The van der Waals surface area contributed by atoms with Gasteiger partial charge < -0.3 is 10.5 Å². The van der Waals surface area contributed by atoms with Crippen LogP contribution in [-0.4, -0.2) is 29.6 Å². The third kappa shape index (κ3) is 4.62. The Morgan fingerprint density at radius 3 is 2.45 bits per heavy atom. The number of rotatable bonds is 6. The summed E-state index contributed by atoms with van der Waals surface area (Å²) in [5.41, 5.74) is 7.85. The average Bonchev–Trinajstić information content (AvgIpc) is 3.05. The number of nitrogens with two attached hydrogens (primary N) is 1. The van der Waals surface area contributed by atoms with Gasteiger partial charge in [-0.2, -0.15) is 5.26 Å². The van der Waals surface area contributed by atoms with Crippen LogP contribution in [0.25, 0.3) is 0 Å². The number of hydrogen-bond donors (Lipinski definition) is 1. The summed E-state index contributed by atoms with van der Waals surface area (Å²) in [6, 6.07) is 15.9. The standard InChI is InChI=1S/C23H21N3O4S/c1-3-30-23(29)16-10-8-15(9-11-16)12-19-21(28)26(18-7-5-4-6-14(18)2)22(31-19)17(13-24)20(25)27/h4-11,19H,3,12H2,1-2H3,(H2,25,27)/b22-17+/t19-/m1/s1. The molecule has 7 nitrogen and oxygen atoms in total. The summed E-state index contributed by atoms with van der Waals surface area (Å²) in [7, 11) is 0. The van der Waals surface area contributed by atoms with Gasteiger partial charge >= 0.3 is 5.97 Å². The molecular weight excluding hydrogens is 414 g/mol. The minimum atomic E-state index is -0.879. The van der Waals surface area contributed by atoms with Gasteiger partial charge in [-0.1, -0.05) is 42.1 Å².